The fourth-order valence-corrected chi connectivity index (χ4v) is 5.28. The Morgan fingerprint density at radius 3 is 2.26 bits per heavy atom. The smallest absolute Gasteiger partial charge is 0.104 e. The van der Waals surface area contributed by atoms with Gasteiger partial charge >= 0.3 is 0 Å². The first-order chi connectivity index (χ1) is 8.57. The molecule has 0 radical (unpaired) electrons. The van der Waals surface area contributed by atoms with Crippen molar-refractivity contribution in [2.75, 3.05) is 0 Å². The molecule has 1 heterocycles. The SMILES string of the molecule is CC1C(C)(C)C2=C3OC(C)(C)CC3CCC2C1(C)C. The van der Waals surface area contributed by atoms with Gasteiger partial charge in [0.15, 0.2) is 0 Å². The minimum atomic E-state index is 0.0495. The average Bonchev–Trinajstić information content (AvgIpc) is 2.65. The quantitative estimate of drug-likeness (QED) is 0.585. The molecule has 0 aromatic rings. The van der Waals surface area contributed by atoms with Crippen molar-refractivity contribution in [2.45, 2.75) is 73.3 Å². The molecule has 0 N–H and O–H groups in total. The van der Waals surface area contributed by atoms with E-state index >= 15 is 0 Å². The van der Waals surface area contributed by atoms with Gasteiger partial charge in [-0.25, -0.2) is 0 Å². The lowest BCUT2D eigenvalue weighted by Crippen LogP contribution is -2.27. The Hall–Kier alpha value is -0.460. The van der Waals surface area contributed by atoms with E-state index < -0.39 is 0 Å². The number of allylic oxidation sites excluding steroid dienone is 2. The van der Waals surface area contributed by atoms with E-state index in [1.165, 1.54) is 25.0 Å². The molecule has 2 aliphatic carbocycles. The topological polar surface area (TPSA) is 9.23 Å². The molecular weight excluding hydrogens is 232 g/mol. The summed E-state index contributed by atoms with van der Waals surface area (Å²) >= 11 is 0. The molecule has 3 unspecified atom stereocenters. The van der Waals surface area contributed by atoms with Crippen LogP contribution in [-0.2, 0) is 4.74 Å². The summed E-state index contributed by atoms with van der Waals surface area (Å²) in [6.07, 6.45) is 3.91. The van der Waals surface area contributed by atoms with Gasteiger partial charge in [0.1, 0.15) is 11.4 Å². The highest BCUT2D eigenvalue weighted by Crippen LogP contribution is 2.66. The number of rotatable bonds is 0. The third-order valence-corrected chi connectivity index (χ3v) is 6.70. The first-order valence-electron chi connectivity index (χ1n) is 8.01. The van der Waals surface area contributed by atoms with Gasteiger partial charge in [-0.2, -0.15) is 0 Å². The van der Waals surface area contributed by atoms with E-state index in [0.717, 1.165) is 11.8 Å². The molecule has 3 atom stereocenters. The molecule has 0 aromatic carbocycles. The summed E-state index contributed by atoms with van der Waals surface area (Å²) in [5.74, 6) is 3.54. The van der Waals surface area contributed by atoms with E-state index in [1.54, 1.807) is 5.57 Å². The Morgan fingerprint density at radius 1 is 1.00 bits per heavy atom. The first kappa shape index (κ1) is 13.5. The van der Waals surface area contributed by atoms with E-state index in [4.69, 9.17) is 4.74 Å². The van der Waals surface area contributed by atoms with Gasteiger partial charge in [0.05, 0.1) is 0 Å². The molecule has 0 aromatic heterocycles. The zero-order chi connectivity index (χ0) is 14.2. The van der Waals surface area contributed by atoms with Crippen molar-refractivity contribution in [2.24, 2.45) is 28.6 Å². The third kappa shape index (κ3) is 1.66. The summed E-state index contributed by atoms with van der Waals surface area (Å²) in [6, 6.07) is 0. The fourth-order valence-electron chi connectivity index (χ4n) is 5.28. The summed E-state index contributed by atoms with van der Waals surface area (Å²) < 4.78 is 6.42. The van der Waals surface area contributed by atoms with Crippen LogP contribution in [0.2, 0.25) is 0 Å². The van der Waals surface area contributed by atoms with E-state index in [2.05, 4.69) is 48.5 Å². The lowest BCUT2D eigenvalue weighted by Gasteiger charge is -2.34. The van der Waals surface area contributed by atoms with Crippen LogP contribution in [0.3, 0.4) is 0 Å². The predicted molar refractivity (Wildman–Crippen MR) is 79.7 cm³/mol. The number of ether oxygens (including phenoxy) is 1. The maximum absolute atomic E-state index is 6.42. The van der Waals surface area contributed by atoms with Crippen LogP contribution in [-0.4, -0.2) is 5.60 Å². The summed E-state index contributed by atoms with van der Waals surface area (Å²) in [5, 5.41) is 0. The second-order valence-corrected chi connectivity index (χ2v) is 8.94. The minimum Gasteiger partial charge on any atom is -0.492 e. The van der Waals surface area contributed by atoms with Crippen LogP contribution in [0.5, 0.6) is 0 Å². The van der Waals surface area contributed by atoms with Crippen molar-refractivity contribution in [3.8, 4) is 0 Å². The fraction of sp³-hybridized carbons (Fsp3) is 0.889. The van der Waals surface area contributed by atoms with E-state index in [1.807, 2.05) is 0 Å². The van der Waals surface area contributed by atoms with Crippen molar-refractivity contribution >= 4 is 0 Å². The molecule has 3 rings (SSSR count). The molecule has 1 aliphatic heterocycles. The van der Waals surface area contributed by atoms with Crippen LogP contribution in [0.15, 0.2) is 11.3 Å². The predicted octanol–water partition coefficient (Wildman–Crippen LogP) is 5.17. The average molecular weight is 262 g/mol. The molecule has 2 fully saturated rings. The highest BCUT2D eigenvalue weighted by atomic mass is 16.5. The molecule has 1 nitrogen and oxygen atoms in total. The molecule has 1 saturated heterocycles. The van der Waals surface area contributed by atoms with Gasteiger partial charge in [-0.3, -0.25) is 0 Å². The monoisotopic (exact) mass is 262 g/mol. The Morgan fingerprint density at radius 2 is 1.63 bits per heavy atom. The van der Waals surface area contributed by atoms with Crippen molar-refractivity contribution in [3.05, 3.63) is 11.3 Å². The summed E-state index contributed by atoms with van der Waals surface area (Å²) in [7, 11) is 0. The van der Waals surface area contributed by atoms with Crippen molar-refractivity contribution in [1.29, 1.82) is 0 Å². The van der Waals surface area contributed by atoms with Crippen molar-refractivity contribution in [3.63, 3.8) is 0 Å². The first-order valence-corrected chi connectivity index (χ1v) is 8.01. The van der Waals surface area contributed by atoms with Crippen molar-refractivity contribution in [1.82, 2.24) is 0 Å². The summed E-state index contributed by atoms with van der Waals surface area (Å²) in [6.45, 7) is 16.8. The van der Waals surface area contributed by atoms with Crippen LogP contribution >= 0.6 is 0 Å². The molecular formula is C18H30O. The van der Waals surface area contributed by atoms with E-state index in [0.29, 0.717) is 16.7 Å². The van der Waals surface area contributed by atoms with E-state index in [9.17, 15) is 0 Å². The Bertz CT molecular complexity index is 439. The molecule has 0 bridgehead atoms. The Balaban J connectivity index is 2.15. The van der Waals surface area contributed by atoms with Gasteiger partial charge in [-0.05, 0) is 61.3 Å². The van der Waals surface area contributed by atoms with Gasteiger partial charge in [0.2, 0.25) is 0 Å². The zero-order valence-corrected chi connectivity index (χ0v) is 13.8. The van der Waals surface area contributed by atoms with Gasteiger partial charge in [0.25, 0.3) is 0 Å². The highest BCUT2D eigenvalue weighted by molar-refractivity contribution is 5.34. The van der Waals surface area contributed by atoms with Crippen LogP contribution < -0.4 is 0 Å². The Labute approximate surface area is 118 Å². The van der Waals surface area contributed by atoms with E-state index in [-0.39, 0.29) is 5.60 Å². The maximum Gasteiger partial charge on any atom is 0.104 e. The van der Waals surface area contributed by atoms with Gasteiger partial charge in [-0.15, -0.1) is 0 Å². The maximum atomic E-state index is 6.42. The van der Waals surface area contributed by atoms with Crippen molar-refractivity contribution < 1.29 is 4.74 Å². The lowest BCUT2D eigenvalue weighted by atomic mass is 9.70. The van der Waals surface area contributed by atoms with Gasteiger partial charge in [0, 0.05) is 5.92 Å². The van der Waals surface area contributed by atoms with Gasteiger partial charge < -0.3 is 4.74 Å². The minimum absolute atomic E-state index is 0.0495. The standard InChI is InChI=1S/C18H30O/c1-11-17(4,5)13-9-8-12-10-16(2,3)19-15(12)14(13)18(11,6)7/h11-13H,8-10H2,1-7H3. The molecule has 1 saturated carbocycles. The summed E-state index contributed by atoms with van der Waals surface area (Å²) in [4.78, 5) is 0. The Kier molecular flexibility index (Phi) is 2.56. The molecule has 1 heteroatoms. The number of hydrogen-bond donors (Lipinski definition) is 0. The summed E-state index contributed by atoms with van der Waals surface area (Å²) in [5.41, 5.74) is 2.43. The zero-order valence-electron chi connectivity index (χ0n) is 13.8. The van der Waals surface area contributed by atoms with Crippen LogP contribution in [0.1, 0.15) is 67.7 Å². The molecule has 0 amide bonds. The second kappa shape index (κ2) is 3.59. The third-order valence-electron chi connectivity index (χ3n) is 6.70. The van der Waals surface area contributed by atoms with Crippen LogP contribution in [0.25, 0.3) is 0 Å². The molecule has 19 heavy (non-hydrogen) atoms. The number of fused-ring (bicyclic) bond motifs is 2. The lowest BCUT2D eigenvalue weighted by molar-refractivity contribution is 0.0706. The molecule has 0 spiro atoms. The van der Waals surface area contributed by atoms with Crippen LogP contribution in [0.4, 0.5) is 0 Å². The highest BCUT2D eigenvalue weighted by Gasteiger charge is 2.58. The second-order valence-electron chi connectivity index (χ2n) is 8.94. The molecule has 108 valence electrons. The largest absolute Gasteiger partial charge is 0.492 e. The number of hydrogen-bond acceptors (Lipinski definition) is 1. The normalized spacial score (nSPS) is 41.7. The van der Waals surface area contributed by atoms with Gasteiger partial charge in [-0.1, -0.05) is 34.6 Å². The molecule has 3 aliphatic rings. The van der Waals surface area contributed by atoms with Crippen LogP contribution in [0, 0.1) is 28.6 Å².